The molecule has 0 spiro atoms. The number of aryl methyl sites for hydroxylation is 1. The Morgan fingerprint density at radius 3 is 3.09 bits per heavy atom. The summed E-state index contributed by atoms with van der Waals surface area (Å²) in [7, 11) is 1.95. The third-order valence-electron chi connectivity index (χ3n) is 1.58. The summed E-state index contributed by atoms with van der Waals surface area (Å²) in [4.78, 5) is 8.27. The summed E-state index contributed by atoms with van der Waals surface area (Å²) in [6, 6.07) is 1.90. The van der Waals surface area contributed by atoms with Crippen LogP contribution in [0.1, 0.15) is 0 Å². The van der Waals surface area contributed by atoms with E-state index in [1.54, 1.807) is 12.5 Å². The Bertz CT molecular complexity index is 393. The van der Waals surface area contributed by atoms with Crippen LogP contribution in [0.3, 0.4) is 0 Å². The van der Waals surface area contributed by atoms with Crippen LogP contribution in [0, 0.1) is 0 Å². The number of hydrogen-bond acceptors (Lipinski definition) is 2. The second kappa shape index (κ2) is 2.30. The molecule has 56 valence electrons. The molecule has 0 saturated heterocycles. The van der Waals surface area contributed by atoms with Gasteiger partial charge in [-0.2, -0.15) is 0 Å². The highest BCUT2D eigenvalue weighted by molar-refractivity contribution is 9.10. The Morgan fingerprint density at radius 1 is 1.45 bits per heavy atom. The molecule has 2 heterocycles. The molecule has 0 aliphatic carbocycles. The summed E-state index contributed by atoms with van der Waals surface area (Å²) >= 11 is 3.28. The first-order valence-electron chi connectivity index (χ1n) is 3.20. The number of rotatable bonds is 0. The summed E-state index contributed by atoms with van der Waals surface area (Å²) in [6.45, 7) is 0. The third kappa shape index (κ3) is 1.03. The van der Waals surface area contributed by atoms with Crippen LogP contribution in [-0.2, 0) is 7.05 Å². The molecule has 2 aromatic heterocycles. The average Bonchev–Trinajstić information content (AvgIpc) is 2.32. The van der Waals surface area contributed by atoms with Crippen molar-refractivity contribution in [3.05, 3.63) is 23.2 Å². The zero-order chi connectivity index (χ0) is 7.84. The van der Waals surface area contributed by atoms with Crippen LogP contribution in [0.5, 0.6) is 0 Å². The minimum Gasteiger partial charge on any atom is -0.332 e. The predicted molar refractivity (Wildman–Crippen MR) is 46.2 cm³/mol. The molecule has 0 atom stereocenters. The lowest BCUT2D eigenvalue weighted by molar-refractivity contribution is 0.944. The highest BCUT2D eigenvalue weighted by Gasteiger charge is 1.98. The molecule has 2 aromatic rings. The topological polar surface area (TPSA) is 30.7 Å². The molecule has 0 aliphatic rings. The number of hydrogen-bond donors (Lipinski definition) is 0. The first-order valence-corrected chi connectivity index (χ1v) is 3.99. The van der Waals surface area contributed by atoms with Gasteiger partial charge in [-0.1, -0.05) is 0 Å². The maximum absolute atomic E-state index is 4.17. The molecule has 0 aliphatic heterocycles. The summed E-state index contributed by atoms with van der Waals surface area (Å²) < 4.78 is 2.76. The van der Waals surface area contributed by atoms with Gasteiger partial charge in [-0.05, 0) is 22.0 Å². The molecule has 0 saturated carbocycles. The molecular weight excluding hydrogens is 206 g/mol. The van der Waals surface area contributed by atoms with Gasteiger partial charge in [-0.3, -0.25) is 0 Å². The van der Waals surface area contributed by atoms with Gasteiger partial charge in [-0.15, -0.1) is 0 Å². The van der Waals surface area contributed by atoms with E-state index in [1.165, 1.54) is 0 Å². The van der Waals surface area contributed by atoms with Crippen LogP contribution in [-0.4, -0.2) is 14.5 Å². The van der Waals surface area contributed by atoms with Crippen LogP contribution in [0.15, 0.2) is 23.2 Å². The van der Waals surface area contributed by atoms with Crippen molar-refractivity contribution in [2.45, 2.75) is 0 Å². The van der Waals surface area contributed by atoms with E-state index in [-0.39, 0.29) is 0 Å². The van der Waals surface area contributed by atoms with Gasteiger partial charge in [0.05, 0.1) is 23.6 Å². The maximum atomic E-state index is 4.17. The fourth-order valence-corrected chi connectivity index (χ4v) is 1.32. The van der Waals surface area contributed by atoms with E-state index in [9.17, 15) is 0 Å². The Kier molecular flexibility index (Phi) is 1.42. The minimum absolute atomic E-state index is 0.823. The van der Waals surface area contributed by atoms with Crippen molar-refractivity contribution in [2.75, 3.05) is 0 Å². The van der Waals surface area contributed by atoms with Crippen molar-refractivity contribution in [3.63, 3.8) is 0 Å². The largest absolute Gasteiger partial charge is 0.332 e. The number of aromatic nitrogens is 3. The van der Waals surface area contributed by atoms with E-state index in [2.05, 4.69) is 25.9 Å². The Hall–Kier alpha value is -0.900. The van der Waals surface area contributed by atoms with Gasteiger partial charge in [0.15, 0.2) is 0 Å². The zero-order valence-corrected chi connectivity index (χ0v) is 7.54. The van der Waals surface area contributed by atoms with Gasteiger partial charge in [0.1, 0.15) is 4.60 Å². The minimum atomic E-state index is 0.823. The average molecular weight is 212 g/mol. The second-order valence-electron chi connectivity index (χ2n) is 2.35. The molecule has 3 nitrogen and oxygen atoms in total. The smallest absolute Gasteiger partial charge is 0.108 e. The predicted octanol–water partition coefficient (Wildman–Crippen LogP) is 1.73. The molecule has 0 radical (unpaired) electrons. The molecule has 2 rings (SSSR count). The molecule has 0 N–H and O–H groups in total. The highest BCUT2D eigenvalue weighted by Crippen LogP contribution is 2.14. The molecular formula is C7H6BrN3. The first-order chi connectivity index (χ1) is 5.27. The molecule has 11 heavy (non-hydrogen) atoms. The van der Waals surface area contributed by atoms with Crippen LogP contribution >= 0.6 is 15.9 Å². The monoisotopic (exact) mass is 211 g/mol. The fourth-order valence-electron chi connectivity index (χ4n) is 0.999. The SMILES string of the molecule is Cn1cnc2cc(Br)ncc21. The van der Waals surface area contributed by atoms with E-state index in [0.29, 0.717) is 0 Å². The lowest BCUT2D eigenvalue weighted by Gasteiger charge is -1.92. The van der Waals surface area contributed by atoms with Crippen LogP contribution < -0.4 is 0 Å². The normalized spacial score (nSPS) is 10.7. The van der Waals surface area contributed by atoms with Gasteiger partial charge in [-0.25, -0.2) is 9.97 Å². The number of fused-ring (bicyclic) bond motifs is 1. The van der Waals surface area contributed by atoms with Crippen molar-refractivity contribution < 1.29 is 0 Å². The number of imidazole rings is 1. The third-order valence-corrected chi connectivity index (χ3v) is 2.01. The van der Waals surface area contributed by atoms with E-state index in [4.69, 9.17) is 0 Å². The lowest BCUT2D eigenvalue weighted by atomic mass is 10.4. The van der Waals surface area contributed by atoms with Gasteiger partial charge >= 0.3 is 0 Å². The van der Waals surface area contributed by atoms with Crippen molar-refractivity contribution >= 4 is 27.0 Å². The van der Waals surface area contributed by atoms with E-state index >= 15 is 0 Å². The molecule has 0 unspecified atom stereocenters. The van der Waals surface area contributed by atoms with Crippen molar-refractivity contribution in [1.82, 2.24) is 14.5 Å². The van der Waals surface area contributed by atoms with Crippen molar-refractivity contribution in [2.24, 2.45) is 7.05 Å². The summed E-state index contributed by atoms with van der Waals surface area (Å²) in [5, 5.41) is 0. The maximum Gasteiger partial charge on any atom is 0.108 e. The van der Waals surface area contributed by atoms with Crippen LogP contribution in [0.2, 0.25) is 0 Å². The molecule has 0 bridgehead atoms. The fraction of sp³-hybridized carbons (Fsp3) is 0.143. The van der Waals surface area contributed by atoms with Gasteiger partial charge in [0.25, 0.3) is 0 Å². The number of pyridine rings is 1. The standard InChI is InChI=1S/C7H6BrN3/c1-11-4-10-5-2-7(8)9-3-6(5)11/h2-4H,1H3. The lowest BCUT2D eigenvalue weighted by Crippen LogP contribution is -1.84. The van der Waals surface area contributed by atoms with Gasteiger partial charge in [0, 0.05) is 7.05 Å². The van der Waals surface area contributed by atoms with Crippen LogP contribution in [0.4, 0.5) is 0 Å². The summed E-state index contributed by atoms with van der Waals surface area (Å²) in [6.07, 6.45) is 3.57. The van der Waals surface area contributed by atoms with Gasteiger partial charge in [0.2, 0.25) is 0 Å². The molecule has 4 heteroatoms. The number of nitrogens with zero attached hydrogens (tertiary/aromatic N) is 3. The zero-order valence-electron chi connectivity index (χ0n) is 5.95. The van der Waals surface area contributed by atoms with Crippen molar-refractivity contribution in [1.29, 1.82) is 0 Å². The Balaban J connectivity index is 2.86. The number of halogens is 1. The quantitative estimate of drug-likeness (QED) is 0.622. The summed E-state index contributed by atoms with van der Waals surface area (Å²) in [5.41, 5.74) is 2.02. The van der Waals surface area contributed by atoms with Gasteiger partial charge < -0.3 is 4.57 Å². The Morgan fingerprint density at radius 2 is 2.27 bits per heavy atom. The molecule has 0 fully saturated rings. The first kappa shape index (κ1) is 6.79. The second-order valence-corrected chi connectivity index (χ2v) is 3.16. The van der Waals surface area contributed by atoms with Crippen molar-refractivity contribution in [3.8, 4) is 0 Å². The Labute approximate surface area is 72.2 Å². The highest BCUT2D eigenvalue weighted by atomic mass is 79.9. The molecule has 0 amide bonds. The molecule has 0 aromatic carbocycles. The van der Waals surface area contributed by atoms with E-state index < -0.39 is 0 Å². The van der Waals surface area contributed by atoms with E-state index in [0.717, 1.165) is 15.6 Å². The van der Waals surface area contributed by atoms with E-state index in [1.807, 2.05) is 17.7 Å². The van der Waals surface area contributed by atoms with Crippen LogP contribution in [0.25, 0.3) is 11.0 Å². The summed E-state index contributed by atoms with van der Waals surface area (Å²) in [5.74, 6) is 0.